The highest BCUT2D eigenvalue weighted by atomic mass is 32.2. The lowest BCUT2D eigenvalue weighted by atomic mass is 10.1. The molecule has 1 saturated carbocycles. The van der Waals surface area contributed by atoms with Gasteiger partial charge in [0.2, 0.25) is 10.0 Å². The minimum absolute atomic E-state index is 0.390. The highest BCUT2D eigenvalue weighted by Crippen LogP contribution is 2.26. The Bertz CT molecular complexity index is 346. The van der Waals surface area contributed by atoms with Crippen LogP contribution < -0.4 is 0 Å². The van der Waals surface area contributed by atoms with Crippen molar-refractivity contribution >= 4 is 16.0 Å². The van der Waals surface area contributed by atoms with E-state index in [0.717, 1.165) is 25.7 Å². The monoisotopic (exact) mass is 249 g/mol. The second-order valence-corrected chi connectivity index (χ2v) is 6.82. The Kier molecular flexibility index (Phi) is 4.32. The molecule has 1 aliphatic rings. The van der Waals surface area contributed by atoms with E-state index >= 15 is 0 Å². The van der Waals surface area contributed by atoms with E-state index in [1.807, 2.05) is 0 Å². The van der Waals surface area contributed by atoms with Crippen molar-refractivity contribution in [1.82, 2.24) is 4.31 Å². The number of sulfonamides is 1. The van der Waals surface area contributed by atoms with Gasteiger partial charge in [0.25, 0.3) is 0 Å². The quantitative estimate of drug-likeness (QED) is 0.786. The van der Waals surface area contributed by atoms with Gasteiger partial charge in [0.15, 0.2) is 5.25 Å². The van der Waals surface area contributed by atoms with E-state index in [4.69, 9.17) is 5.11 Å². The standard InChI is InChI=1S/C10H19NO4S/c1-8(10(12)13)16(14,15)11(2)7-9-5-3-4-6-9/h8-9H,3-7H2,1-2H3,(H,12,13). The summed E-state index contributed by atoms with van der Waals surface area (Å²) in [5.74, 6) is -0.904. The van der Waals surface area contributed by atoms with Crippen LogP contribution in [0.2, 0.25) is 0 Å². The smallest absolute Gasteiger partial charge is 0.323 e. The lowest BCUT2D eigenvalue weighted by Crippen LogP contribution is -2.40. The molecule has 1 N–H and O–H groups in total. The van der Waals surface area contributed by atoms with Gasteiger partial charge in [0.1, 0.15) is 0 Å². The Morgan fingerprint density at radius 2 is 1.94 bits per heavy atom. The molecule has 1 unspecified atom stereocenters. The van der Waals surface area contributed by atoms with Gasteiger partial charge in [-0.25, -0.2) is 12.7 Å². The molecule has 0 aliphatic heterocycles. The van der Waals surface area contributed by atoms with Crippen molar-refractivity contribution in [3.8, 4) is 0 Å². The van der Waals surface area contributed by atoms with Gasteiger partial charge in [-0.15, -0.1) is 0 Å². The van der Waals surface area contributed by atoms with Crippen LogP contribution in [0.1, 0.15) is 32.6 Å². The number of carboxylic acid groups (broad SMARTS) is 1. The third kappa shape index (κ3) is 2.95. The molecule has 0 aromatic carbocycles. The fourth-order valence-electron chi connectivity index (χ4n) is 2.06. The van der Waals surface area contributed by atoms with Crippen molar-refractivity contribution < 1.29 is 18.3 Å². The minimum atomic E-state index is -3.69. The minimum Gasteiger partial charge on any atom is -0.480 e. The lowest BCUT2D eigenvalue weighted by Gasteiger charge is -2.22. The summed E-state index contributed by atoms with van der Waals surface area (Å²) in [6, 6.07) is 0. The summed E-state index contributed by atoms with van der Waals surface area (Å²) >= 11 is 0. The maximum atomic E-state index is 11.8. The zero-order valence-corrected chi connectivity index (χ0v) is 10.5. The van der Waals surface area contributed by atoms with Crippen LogP contribution in [0.4, 0.5) is 0 Å². The molecule has 0 aromatic rings. The summed E-state index contributed by atoms with van der Waals surface area (Å²) < 4.78 is 24.8. The van der Waals surface area contributed by atoms with Gasteiger partial charge in [0.05, 0.1) is 0 Å². The van der Waals surface area contributed by atoms with E-state index in [0.29, 0.717) is 12.5 Å². The molecule has 1 rings (SSSR count). The zero-order valence-electron chi connectivity index (χ0n) is 9.72. The van der Waals surface area contributed by atoms with Crippen LogP contribution in [0.5, 0.6) is 0 Å². The molecule has 16 heavy (non-hydrogen) atoms. The fraction of sp³-hybridized carbons (Fsp3) is 0.900. The van der Waals surface area contributed by atoms with Crippen molar-refractivity contribution in [2.75, 3.05) is 13.6 Å². The molecule has 0 saturated heterocycles. The van der Waals surface area contributed by atoms with E-state index in [1.165, 1.54) is 18.3 Å². The normalized spacial score (nSPS) is 20.2. The SMILES string of the molecule is CC(C(=O)O)S(=O)(=O)N(C)CC1CCCC1. The van der Waals surface area contributed by atoms with Crippen LogP contribution in [0.15, 0.2) is 0 Å². The number of rotatable bonds is 5. The molecule has 6 heteroatoms. The van der Waals surface area contributed by atoms with Crippen LogP contribution >= 0.6 is 0 Å². The van der Waals surface area contributed by atoms with Gasteiger partial charge < -0.3 is 5.11 Å². The van der Waals surface area contributed by atoms with Crippen molar-refractivity contribution in [1.29, 1.82) is 0 Å². The van der Waals surface area contributed by atoms with E-state index in [-0.39, 0.29) is 0 Å². The highest BCUT2D eigenvalue weighted by molar-refractivity contribution is 7.90. The summed E-state index contributed by atoms with van der Waals surface area (Å²) in [6.07, 6.45) is 4.38. The predicted octanol–water partition coefficient (Wildman–Crippen LogP) is 0.911. The number of nitrogens with zero attached hydrogens (tertiary/aromatic N) is 1. The molecule has 5 nitrogen and oxygen atoms in total. The van der Waals surface area contributed by atoms with Gasteiger partial charge in [-0.05, 0) is 25.7 Å². The molecule has 1 fully saturated rings. The van der Waals surface area contributed by atoms with E-state index in [2.05, 4.69) is 0 Å². The second-order valence-electron chi connectivity index (χ2n) is 4.46. The van der Waals surface area contributed by atoms with Gasteiger partial charge in [-0.3, -0.25) is 4.79 Å². The topological polar surface area (TPSA) is 74.7 Å². The molecule has 0 bridgehead atoms. The van der Waals surface area contributed by atoms with Crippen LogP contribution in [-0.4, -0.2) is 42.6 Å². The molecule has 0 amide bonds. The number of hydrogen-bond donors (Lipinski definition) is 1. The highest BCUT2D eigenvalue weighted by Gasteiger charge is 2.33. The van der Waals surface area contributed by atoms with Gasteiger partial charge in [0, 0.05) is 13.6 Å². The first-order chi connectivity index (χ1) is 7.35. The molecule has 0 aromatic heterocycles. The Balaban J connectivity index is 2.64. The average molecular weight is 249 g/mol. The number of hydrogen-bond acceptors (Lipinski definition) is 3. The fourth-order valence-corrected chi connectivity index (χ4v) is 3.27. The van der Waals surface area contributed by atoms with Gasteiger partial charge >= 0.3 is 5.97 Å². The maximum Gasteiger partial charge on any atom is 0.323 e. The zero-order chi connectivity index (χ0) is 12.3. The Hall–Kier alpha value is -0.620. The molecule has 94 valence electrons. The Morgan fingerprint density at radius 1 is 1.44 bits per heavy atom. The van der Waals surface area contributed by atoms with E-state index in [1.54, 1.807) is 0 Å². The van der Waals surface area contributed by atoms with Crippen molar-refractivity contribution in [2.45, 2.75) is 37.9 Å². The maximum absolute atomic E-state index is 11.8. The predicted molar refractivity (Wildman–Crippen MR) is 60.6 cm³/mol. The molecule has 0 heterocycles. The van der Waals surface area contributed by atoms with Crippen LogP contribution in [0, 0.1) is 5.92 Å². The van der Waals surface area contributed by atoms with E-state index < -0.39 is 21.2 Å². The molecule has 1 aliphatic carbocycles. The Morgan fingerprint density at radius 3 is 2.38 bits per heavy atom. The summed E-state index contributed by atoms with van der Waals surface area (Å²) in [5, 5.41) is 7.36. The third-order valence-electron chi connectivity index (χ3n) is 3.22. The number of carbonyl (C=O) groups is 1. The average Bonchev–Trinajstić information content (AvgIpc) is 2.68. The number of carboxylic acids is 1. The lowest BCUT2D eigenvalue weighted by molar-refractivity contribution is -0.136. The van der Waals surface area contributed by atoms with Crippen molar-refractivity contribution in [3.05, 3.63) is 0 Å². The van der Waals surface area contributed by atoms with Crippen LogP contribution in [-0.2, 0) is 14.8 Å². The molecule has 1 atom stereocenters. The first-order valence-electron chi connectivity index (χ1n) is 5.53. The van der Waals surface area contributed by atoms with Gasteiger partial charge in [-0.2, -0.15) is 0 Å². The first kappa shape index (κ1) is 13.4. The largest absolute Gasteiger partial charge is 0.480 e. The molecule has 0 radical (unpaired) electrons. The summed E-state index contributed by atoms with van der Waals surface area (Å²) in [6.45, 7) is 1.66. The molecule has 0 spiro atoms. The van der Waals surface area contributed by atoms with Crippen LogP contribution in [0.3, 0.4) is 0 Å². The van der Waals surface area contributed by atoms with Crippen molar-refractivity contribution in [2.24, 2.45) is 5.92 Å². The summed E-state index contributed by atoms with van der Waals surface area (Å²) in [5.41, 5.74) is 0. The third-order valence-corrected chi connectivity index (χ3v) is 5.33. The summed E-state index contributed by atoms with van der Waals surface area (Å²) in [7, 11) is -2.23. The molecular weight excluding hydrogens is 230 g/mol. The van der Waals surface area contributed by atoms with Gasteiger partial charge in [-0.1, -0.05) is 12.8 Å². The molecular formula is C10H19NO4S. The van der Waals surface area contributed by atoms with Crippen LogP contribution in [0.25, 0.3) is 0 Å². The first-order valence-corrected chi connectivity index (χ1v) is 7.04. The number of aliphatic carboxylic acids is 1. The second kappa shape index (κ2) is 5.14. The summed E-state index contributed by atoms with van der Waals surface area (Å²) in [4.78, 5) is 10.7. The van der Waals surface area contributed by atoms with E-state index in [9.17, 15) is 13.2 Å². The van der Waals surface area contributed by atoms with Crippen molar-refractivity contribution in [3.63, 3.8) is 0 Å². The Labute approximate surface area is 96.5 Å².